The number of rotatable bonds is 3. The van der Waals surface area contributed by atoms with E-state index in [4.69, 9.17) is 5.11 Å². The molecular weight excluding hydrogens is 266 g/mol. The van der Waals surface area contributed by atoms with Crippen molar-refractivity contribution in [3.05, 3.63) is 59.2 Å². The number of aromatic amines is 1. The average Bonchev–Trinajstić information content (AvgIpc) is 2.86. The van der Waals surface area contributed by atoms with Gasteiger partial charge in [-0.15, -0.1) is 0 Å². The van der Waals surface area contributed by atoms with Crippen LogP contribution in [0.4, 0.5) is 0 Å². The van der Waals surface area contributed by atoms with Crippen LogP contribution >= 0.6 is 0 Å². The molecule has 0 atom stereocenters. The summed E-state index contributed by atoms with van der Waals surface area (Å²) in [6, 6.07) is 9.30. The van der Waals surface area contributed by atoms with Crippen LogP contribution in [0, 0.1) is 6.92 Å². The van der Waals surface area contributed by atoms with Crippen molar-refractivity contribution in [1.29, 1.82) is 0 Å². The number of carbonyl (C=O) groups is 1. The molecule has 0 aliphatic rings. The lowest BCUT2D eigenvalue weighted by molar-refractivity contribution is 0.0691. The van der Waals surface area contributed by atoms with Crippen molar-refractivity contribution in [2.45, 2.75) is 6.92 Å². The van der Waals surface area contributed by atoms with Crippen LogP contribution in [0.15, 0.2) is 36.5 Å². The van der Waals surface area contributed by atoms with Crippen molar-refractivity contribution in [3.63, 3.8) is 0 Å². The molecule has 0 spiro atoms. The lowest BCUT2D eigenvalue weighted by Crippen LogP contribution is -1.95. The number of hydrogen-bond donors (Lipinski definition) is 2. The van der Waals surface area contributed by atoms with Gasteiger partial charge in [-0.05, 0) is 48.9 Å². The Morgan fingerprint density at radius 1 is 1.29 bits per heavy atom. The van der Waals surface area contributed by atoms with Gasteiger partial charge >= 0.3 is 5.97 Å². The van der Waals surface area contributed by atoms with Gasteiger partial charge in [0.1, 0.15) is 5.69 Å². The number of hydrogen-bond acceptors (Lipinski definition) is 3. The number of carboxylic acids is 1. The molecule has 0 saturated carbocycles. The molecule has 5 heteroatoms. The number of aromatic nitrogens is 3. The van der Waals surface area contributed by atoms with Crippen LogP contribution in [-0.2, 0) is 0 Å². The highest BCUT2D eigenvalue weighted by atomic mass is 16.4. The second-order valence-electron chi connectivity index (χ2n) is 4.69. The van der Waals surface area contributed by atoms with Gasteiger partial charge in [-0.25, -0.2) is 14.8 Å². The molecule has 0 aromatic carbocycles. The Morgan fingerprint density at radius 2 is 2.14 bits per heavy atom. The van der Waals surface area contributed by atoms with Crippen molar-refractivity contribution in [1.82, 2.24) is 15.0 Å². The molecule has 5 nitrogen and oxygen atoms in total. The van der Waals surface area contributed by atoms with Gasteiger partial charge < -0.3 is 10.1 Å². The molecule has 0 aliphatic heterocycles. The molecule has 0 unspecified atom stereocenters. The SMILES string of the molecule is Cc1[nH]c(C(=O)O)cc1/C=C/c1ccc2cccnc2n1. The minimum Gasteiger partial charge on any atom is -0.477 e. The molecule has 3 aromatic rings. The first-order valence-electron chi connectivity index (χ1n) is 6.46. The van der Waals surface area contributed by atoms with Crippen molar-refractivity contribution < 1.29 is 9.90 Å². The summed E-state index contributed by atoms with van der Waals surface area (Å²) < 4.78 is 0. The summed E-state index contributed by atoms with van der Waals surface area (Å²) in [5.41, 5.74) is 3.29. The number of nitrogens with one attached hydrogen (secondary N) is 1. The summed E-state index contributed by atoms with van der Waals surface area (Å²) in [4.78, 5) is 22.4. The van der Waals surface area contributed by atoms with E-state index in [0.717, 1.165) is 22.3 Å². The maximum absolute atomic E-state index is 10.9. The van der Waals surface area contributed by atoms with E-state index in [2.05, 4.69) is 15.0 Å². The zero-order valence-corrected chi connectivity index (χ0v) is 11.4. The highest BCUT2D eigenvalue weighted by molar-refractivity contribution is 5.87. The molecule has 104 valence electrons. The van der Waals surface area contributed by atoms with Crippen molar-refractivity contribution in [3.8, 4) is 0 Å². The normalized spacial score (nSPS) is 11.3. The molecule has 0 fully saturated rings. The van der Waals surface area contributed by atoms with Crippen LogP contribution in [-0.4, -0.2) is 26.0 Å². The van der Waals surface area contributed by atoms with E-state index < -0.39 is 5.97 Å². The summed E-state index contributed by atoms with van der Waals surface area (Å²) in [6.07, 6.45) is 5.39. The Labute approximate surface area is 121 Å². The summed E-state index contributed by atoms with van der Waals surface area (Å²) in [5, 5.41) is 9.94. The van der Waals surface area contributed by atoms with Crippen LogP contribution in [0.25, 0.3) is 23.2 Å². The molecule has 0 amide bonds. The standard InChI is InChI=1S/C16H13N3O2/c1-10-12(9-14(18-10)16(20)21)5-7-13-6-4-11-3-2-8-17-15(11)19-13/h2-9,18H,1H3,(H,20,21)/b7-5+. The monoisotopic (exact) mass is 279 g/mol. The first-order chi connectivity index (χ1) is 10.1. The zero-order valence-electron chi connectivity index (χ0n) is 11.4. The minimum absolute atomic E-state index is 0.181. The summed E-state index contributed by atoms with van der Waals surface area (Å²) in [7, 11) is 0. The molecule has 2 N–H and O–H groups in total. The van der Waals surface area contributed by atoms with Crippen LogP contribution in [0.1, 0.15) is 27.4 Å². The van der Waals surface area contributed by atoms with Gasteiger partial charge in [0.25, 0.3) is 0 Å². The van der Waals surface area contributed by atoms with Gasteiger partial charge in [0, 0.05) is 17.3 Å². The number of fused-ring (bicyclic) bond motifs is 1. The predicted molar refractivity (Wildman–Crippen MR) is 81.0 cm³/mol. The number of H-pyrrole nitrogens is 1. The Morgan fingerprint density at radius 3 is 2.90 bits per heavy atom. The minimum atomic E-state index is -0.967. The molecule has 21 heavy (non-hydrogen) atoms. The quantitative estimate of drug-likeness (QED) is 0.772. The van der Waals surface area contributed by atoms with Crippen LogP contribution < -0.4 is 0 Å². The fourth-order valence-electron chi connectivity index (χ4n) is 2.10. The molecular formula is C16H13N3O2. The Bertz CT molecular complexity index is 850. The molecule has 3 rings (SSSR count). The molecule has 0 radical (unpaired) electrons. The topological polar surface area (TPSA) is 78.9 Å². The van der Waals surface area contributed by atoms with Crippen LogP contribution in [0.2, 0.25) is 0 Å². The lowest BCUT2D eigenvalue weighted by Gasteiger charge is -1.97. The fourth-order valence-corrected chi connectivity index (χ4v) is 2.10. The average molecular weight is 279 g/mol. The van der Waals surface area contributed by atoms with E-state index in [-0.39, 0.29) is 5.69 Å². The predicted octanol–water partition coefficient (Wildman–Crippen LogP) is 3.13. The van der Waals surface area contributed by atoms with E-state index in [1.165, 1.54) is 0 Å². The summed E-state index contributed by atoms with van der Waals surface area (Å²) in [5.74, 6) is -0.967. The maximum atomic E-state index is 10.9. The smallest absolute Gasteiger partial charge is 0.352 e. The van der Waals surface area contributed by atoms with Crippen molar-refractivity contribution in [2.24, 2.45) is 0 Å². The third-order valence-electron chi connectivity index (χ3n) is 3.20. The zero-order chi connectivity index (χ0) is 14.8. The summed E-state index contributed by atoms with van der Waals surface area (Å²) in [6.45, 7) is 1.83. The van der Waals surface area contributed by atoms with Gasteiger partial charge in [0.05, 0.1) is 5.69 Å². The molecule has 3 aromatic heterocycles. The third kappa shape index (κ3) is 2.67. The van der Waals surface area contributed by atoms with Gasteiger partial charge in [0.15, 0.2) is 5.65 Å². The Kier molecular flexibility index (Phi) is 3.23. The van der Waals surface area contributed by atoms with Gasteiger partial charge in [-0.1, -0.05) is 6.08 Å². The number of aryl methyl sites for hydroxylation is 1. The maximum Gasteiger partial charge on any atom is 0.352 e. The first-order valence-corrected chi connectivity index (χ1v) is 6.46. The third-order valence-corrected chi connectivity index (χ3v) is 3.20. The van der Waals surface area contributed by atoms with Crippen LogP contribution in [0.3, 0.4) is 0 Å². The van der Waals surface area contributed by atoms with Gasteiger partial charge in [0.2, 0.25) is 0 Å². The molecule has 0 aliphatic carbocycles. The second-order valence-corrected chi connectivity index (χ2v) is 4.69. The van der Waals surface area contributed by atoms with E-state index >= 15 is 0 Å². The van der Waals surface area contributed by atoms with Gasteiger partial charge in [-0.2, -0.15) is 0 Å². The number of aromatic carboxylic acids is 1. The number of pyridine rings is 2. The summed E-state index contributed by atoms with van der Waals surface area (Å²) >= 11 is 0. The molecule has 0 bridgehead atoms. The highest BCUT2D eigenvalue weighted by Crippen LogP contribution is 2.15. The second kappa shape index (κ2) is 5.20. The van der Waals surface area contributed by atoms with Crippen molar-refractivity contribution in [2.75, 3.05) is 0 Å². The Hall–Kier alpha value is -2.95. The fraction of sp³-hybridized carbons (Fsp3) is 0.0625. The lowest BCUT2D eigenvalue weighted by atomic mass is 10.2. The van der Waals surface area contributed by atoms with E-state index in [1.807, 2.05) is 43.3 Å². The molecule has 0 saturated heterocycles. The highest BCUT2D eigenvalue weighted by Gasteiger charge is 2.07. The van der Waals surface area contributed by atoms with E-state index in [9.17, 15) is 4.79 Å². The largest absolute Gasteiger partial charge is 0.477 e. The van der Waals surface area contributed by atoms with Gasteiger partial charge in [-0.3, -0.25) is 0 Å². The first kappa shape index (κ1) is 13.1. The van der Waals surface area contributed by atoms with E-state index in [1.54, 1.807) is 12.3 Å². The molecule has 3 heterocycles. The number of carboxylic acid groups (broad SMARTS) is 1. The van der Waals surface area contributed by atoms with E-state index in [0.29, 0.717) is 5.65 Å². The van der Waals surface area contributed by atoms with Crippen LogP contribution in [0.5, 0.6) is 0 Å². The van der Waals surface area contributed by atoms with Crippen molar-refractivity contribution >= 4 is 29.2 Å². The Balaban J connectivity index is 1.92. The number of nitrogens with zero attached hydrogens (tertiary/aromatic N) is 2.